The second kappa shape index (κ2) is 7.59. The van der Waals surface area contributed by atoms with Gasteiger partial charge in [-0.3, -0.25) is 4.79 Å². The van der Waals surface area contributed by atoms with Crippen LogP contribution in [0.25, 0.3) is 0 Å². The predicted molar refractivity (Wildman–Crippen MR) is 96.3 cm³/mol. The number of likely N-dealkylation sites (N-methyl/N-ethyl adjacent to an activating group) is 1. The Morgan fingerprint density at radius 2 is 1.58 bits per heavy atom. The Bertz CT molecular complexity index is 804. The maximum Gasteiger partial charge on any atom is 0.242 e. The molecule has 0 spiro atoms. The van der Waals surface area contributed by atoms with Crippen LogP contribution in [0.3, 0.4) is 0 Å². The van der Waals surface area contributed by atoms with Gasteiger partial charge in [-0.15, -0.1) is 0 Å². The Labute approximate surface area is 143 Å². The number of rotatable bonds is 6. The maximum absolute atomic E-state index is 12.5. The van der Waals surface area contributed by atoms with Crippen LogP contribution in [0, 0.1) is 6.92 Å². The normalized spacial score (nSPS) is 11.5. The molecule has 2 aromatic carbocycles. The fourth-order valence-electron chi connectivity index (χ4n) is 2.32. The van der Waals surface area contributed by atoms with Gasteiger partial charge in [-0.1, -0.05) is 42.5 Å². The molecule has 2 rings (SSSR count). The summed E-state index contributed by atoms with van der Waals surface area (Å²) in [5, 5.41) is 0. The number of carbonyl (C=O) groups is 1. The average molecular weight is 346 g/mol. The van der Waals surface area contributed by atoms with E-state index in [1.165, 1.54) is 9.21 Å². The van der Waals surface area contributed by atoms with Crippen molar-refractivity contribution in [1.82, 2.24) is 4.31 Å². The Kier molecular flexibility index (Phi) is 5.75. The van der Waals surface area contributed by atoms with Crippen molar-refractivity contribution in [2.24, 2.45) is 0 Å². The number of benzene rings is 2. The molecule has 24 heavy (non-hydrogen) atoms. The van der Waals surface area contributed by atoms with Crippen LogP contribution in [0.2, 0.25) is 0 Å². The third-order valence-electron chi connectivity index (χ3n) is 3.91. The molecular formula is C18H22N2O3S. The van der Waals surface area contributed by atoms with Gasteiger partial charge in [0.2, 0.25) is 15.9 Å². The van der Waals surface area contributed by atoms with Gasteiger partial charge < -0.3 is 4.90 Å². The Morgan fingerprint density at radius 1 is 1.00 bits per heavy atom. The molecule has 0 saturated heterocycles. The van der Waals surface area contributed by atoms with Gasteiger partial charge in [-0.2, -0.15) is 4.31 Å². The first-order valence-electron chi connectivity index (χ1n) is 7.60. The summed E-state index contributed by atoms with van der Waals surface area (Å²) in [5.41, 5.74) is 2.61. The van der Waals surface area contributed by atoms with Crippen molar-refractivity contribution in [3.63, 3.8) is 0 Å². The molecule has 0 heterocycles. The number of hydrogen-bond donors (Lipinski definition) is 0. The molecule has 0 saturated carbocycles. The van der Waals surface area contributed by atoms with Crippen molar-refractivity contribution in [2.45, 2.75) is 13.5 Å². The van der Waals surface area contributed by atoms with Gasteiger partial charge in [0.25, 0.3) is 0 Å². The first-order valence-corrected chi connectivity index (χ1v) is 9.45. The molecule has 0 aliphatic rings. The van der Waals surface area contributed by atoms with Crippen molar-refractivity contribution in [2.75, 3.05) is 24.7 Å². The topological polar surface area (TPSA) is 57.7 Å². The summed E-state index contributed by atoms with van der Waals surface area (Å²) < 4.78 is 25.4. The van der Waals surface area contributed by atoms with Crippen LogP contribution < -0.4 is 4.90 Å². The summed E-state index contributed by atoms with van der Waals surface area (Å²) in [4.78, 5) is 14.0. The summed E-state index contributed by atoms with van der Waals surface area (Å²) in [7, 11) is -1.86. The molecule has 0 radical (unpaired) electrons. The van der Waals surface area contributed by atoms with Crippen molar-refractivity contribution in [3.05, 3.63) is 65.7 Å². The highest BCUT2D eigenvalue weighted by atomic mass is 32.2. The smallest absolute Gasteiger partial charge is 0.242 e. The number of hydrogen-bond acceptors (Lipinski definition) is 3. The van der Waals surface area contributed by atoms with Crippen LogP contribution in [-0.4, -0.2) is 38.5 Å². The first-order chi connectivity index (χ1) is 11.3. The molecule has 0 aliphatic heterocycles. The van der Waals surface area contributed by atoms with Gasteiger partial charge >= 0.3 is 0 Å². The predicted octanol–water partition coefficient (Wildman–Crippen LogP) is 2.42. The van der Waals surface area contributed by atoms with E-state index in [4.69, 9.17) is 0 Å². The number of sulfonamides is 1. The Morgan fingerprint density at radius 3 is 2.17 bits per heavy atom. The van der Waals surface area contributed by atoms with E-state index in [0.717, 1.165) is 23.1 Å². The molecule has 5 nitrogen and oxygen atoms in total. The van der Waals surface area contributed by atoms with Crippen molar-refractivity contribution >= 4 is 21.6 Å². The Hall–Kier alpha value is -2.18. The highest BCUT2D eigenvalue weighted by Gasteiger charge is 2.23. The molecular weight excluding hydrogens is 324 g/mol. The number of anilines is 1. The van der Waals surface area contributed by atoms with E-state index in [1.54, 1.807) is 7.05 Å². The number of carbonyl (C=O) groups excluding carboxylic acids is 1. The zero-order valence-corrected chi connectivity index (χ0v) is 15.0. The molecule has 0 N–H and O–H groups in total. The quantitative estimate of drug-likeness (QED) is 0.807. The highest BCUT2D eigenvalue weighted by Crippen LogP contribution is 2.15. The largest absolute Gasteiger partial charge is 0.314 e. The zero-order chi connectivity index (χ0) is 17.7. The summed E-state index contributed by atoms with van der Waals surface area (Å²) in [6, 6.07) is 16.7. The van der Waals surface area contributed by atoms with Crippen LogP contribution in [0.4, 0.5) is 5.69 Å². The zero-order valence-electron chi connectivity index (χ0n) is 14.1. The monoisotopic (exact) mass is 346 g/mol. The van der Waals surface area contributed by atoms with Gasteiger partial charge in [-0.25, -0.2) is 8.42 Å². The lowest BCUT2D eigenvalue weighted by Gasteiger charge is -2.24. The molecule has 0 unspecified atom stereocenters. The molecule has 0 atom stereocenters. The van der Waals surface area contributed by atoms with Crippen LogP contribution in [-0.2, 0) is 21.4 Å². The van der Waals surface area contributed by atoms with E-state index in [9.17, 15) is 13.2 Å². The van der Waals surface area contributed by atoms with E-state index in [1.807, 2.05) is 61.5 Å². The van der Waals surface area contributed by atoms with Crippen LogP contribution >= 0.6 is 0 Å². The maximum atomic E-state index is 12.5. The second-order valence-corrected chi connectivity index (χ2v) is 7.73. The third-order valence-corrected chi connectivity index (χ3v) is 5.10. The van der Waals surface area contributed by atoms with Crippen LogP contribution in [0.5, 0.6) is 0 Å². The SMILES string of the molecule is Cc1ccccc1CN(CC(=O)N(C)c1ccccc1)S(C)(=O)=O. The molecule has 0 aliphatic carbocycles. The van der Waals surface area contributed by atoms with Crippen molar-refractivity contribution in [1.29, 1.82) is 0 Å². The minimum Gasteiger partial charge on any atom is -0.314 e. The minimum atomic E-state index is -3.50. The fraction of sp³-hybridized carbons (Fsp3) is 0.278. The van der Waals surface area contributed by atoms with E-state index in [2.05, 4.69) is 0 Å². The molecule has 2 aromatic rings. The van der Waals surface area contributed by atoms with Crippen LogP contribution in [0.1, 0.15) is 11.1 Å². The van der Waals surface area contributed by atoms with Crippen LogP contribution in [0.15, 0.2) is 54.6 Å². The first kappa shape index (κ1) is 18.2. The van der Waals surface area contributed by atoms with E-state index < -0.39 is 10.0 Å². The lowest BCUT2D eigenvalue weighted by molar-refractivity contribution is -0.118. The molecule has 0 fully saturated rings. The van der Waals surface area contributed by atoms with Gasteiger partial charge in [0.1, 0.15) is 0 Å². The van der Waals surface area contributed by atoms with Crippen molar-refractivity contribution < 1.29 is 13.2 Å². The number of para-hydroxylation sites is 1. The molecule has 0 bridgehead atoms. The third kappa shape index (κ3) is 4.66. The van der Waals surface area contributed by atoms with Gasteiger partial charge in [0, 0.05) is 19.3 Å². The Balaban J connectivity index is 2.18. The highest BCUT2D eigenvalue weighted by molar-refractivity contribution is 7.88. The van der Waals surface area contributed by atoms with Crippen molar-refractivity contribution in [3.8, 4) is 0 Å². The summed E-state index contributed by atoms with van der Waals surface area (Å²) in [5.74, 6) is -0.278. The molecule has 128 valence electrons. The van der Waals surface area contributed by atoms with Gasteiger partial charge in [0.05, 0.1) is 12.8 Å². The number of aryl methyl sites for hydroxylation is 1. The van der Waals surface area contributed by atoms with Gasteiger partial charge in [0.15, 0.2) is 0 Å². The summed E-state index contributed by atoms with van der Waals surface area (Å²) in [6.45, 7) is 1.91. The lowest BCUT2D eigenvalue weighted by atomic mass is 10.1. The standard InChI is InChI=1S/C18H22N2O3S/c1-15-9-7-8-10-16(15)13-20(24(3,22)23)14-18(21)19(2)17-11-5-4-6-12-17/h4-12H,13-14H2,1-3H3. The fourth-order valence-corrected chi connectivity index (χ4v) is 3.04. The minimum absolute atomic E-state index is 0.180. The number of nitrogens with zero attached hydrogens (tertiary/aromatic N) is 2. The van der Waals surface area contributed by atoms with E-state index in [-0.39, 0.29) is 19.0 Å². The average Bonchev–Trinajstić information content (AvgIpc) is 2.55. The van der Waals surface area contributed by atoms with Gasteiger partial charge in [-0.05, 0) is 30.2 Å². The molecule has 6 heteroatoms. The molecule has 1 amide bonds. The molecule has 0 aromatic heterocycles. The summed E-state index contributed by atoms with van der Waals surface area (Å²) in [6.07, 6.45) is 1.13. The number of amides is 1. The van der Waals surface area contributed by atoms with E-state index in [0.29, 0.717) is 0 Å². The summed E-state index contributed by atoms with van der Waals surface area (Å²) >= 11 is 0. The lowest BCUT2D eigenvalue weighted by Crippen LogP contribution is -2.40. The second-order valence-electron chi connectivity index (χ2n) is 5.75. The van der Waals surface area contributed by atoms with E-state index >= 15 is 0 Å².